The van der Waals surface area contributed by atoms with Gasteiger partial charge in [-0.2, -0.15) is 0 Å². The van der Waals surface area contributed by atoms with Gasteiger partial charge >= 0.3 is 0 Å². The maximum Gasteiger partial charge on any atom is 0.237 e. The van der Waals surface area contributed by atoms with Gasteiger partial charge in [0, 0.05) is 12.6 Å². The normalized spacial score (nSPS) is 23.9. The predicted molar refractivity (Wildman–Crippen MR) is 61.5 cm³/mol. The van der Waals surface area contributed by atoms with Crippen LogP contribution in [0, 0.1) is 5.92 Å². The summed E-state index contributed by atoms with van der Waals surface area (Å²) < 4.78 is 0. The van der Waals surface area contributed by atoms with E-state index in [1.165, 1.54) is 0 Å². The second kappa shape index (κ2) is 6.08. The van der Waals surface area contributed by atoms with Crippen molar-refractivity contribution >= 4 is 5.91 Å². The van der Waals surface area contributed by atoms with Crippen molar-refractivity contribution in [1.82, 2.24) is 10.6 Å². The van der Waals surface area contributed by atoms with Crippen molar-refractivity contribution in [1.29, 1.82) is 0 Å². The highest BCUT2D eigenvalue weighted by molar-refractivity contribution is 5.81. The summed E-state index contributed by atoms with van der Waals surface area (Å²) in [6.45, 7) is 6.09. The number of carbonyl (C=O) groups is 1. The first-order valence-corrected chi connectivity index (χ1v) is 5.86. The third-order valence-electron chi connectivity index (χ3n) is 2.71. The molecule has 0 saturated carbocycles. The van der Waals surface area contributed by atoms with Crippen LogP contribution >= 0.6 is 0 Å². The van der Waals surface area contributed by atoms with Crippen LogP contribution < -0.4 is 16.4 Å². The van der Waals surface area contributed by atoms with Crippen LogP contribution in [0.1, 0.15) is 33.1 Å². The first-order chi connectivity index (χ1) is 7.09. The first kappa shape index (κ1) is 12.5. The molecule has 0 radical (unpaired) electrons. The number of hydrogen-bond acceptors (Lipinski definition) is 3. The van der Waals surface area contributed by atoms with Gasteiger partial charge in [-0.25, -0.2) is 0 Å². The molecule has 1 aliphatic rings. The van der Waals surface area contributed by atoms with E-state index in [-0.39, 0.29) is 18.0 Å². The summed E-state index contributed by atoms with van der Waals surface area (Å²) in [5.41, 5.74) is 5.80. The highest BCUT2D eigenvalue weighted by Crippen LogP contribution is 2.05. The molecule has 0 aliphatic carbocycles. The molecular weight excluding hydrogens is 190 g/mol. The fraction of sp³-hybridized carbons (Fsp3) is 0.909. The summed E-state index contributed by atoms with van der Waals surface area (Å²) in [5, 5.41) is 6.26. The fourth-order valence-electron chi connectivity index (χ4n) is 1.90. The molecule has 1 amide bonds. The van der Waals surface area contributed by atoms with Crippen molar-refractivity contribution in [2.45, 2.75) is 45.2 Å². The number of amides is 1. The molecule has 15 heavy (non-hydrogen) atoms. The average Bonchev–Trinajstić information content (AvgIpc) is 2.18. The number of hydrogen-bond donors (Lipinski definition) is 3. The molecule has 88 valence electrons. The summed E-state index contributed by atoms with van der Waals surface area (Å²) in [7, 11) is 0. The zero-order chi connectivity index (χ0) is 11.3. The Kier molecular flexibility index (Phi) is 5.05. The first-order valence-electron chi connectivity index (χ1n) is 5.86. The van der Waals surface area contributed by atoms with Crippen LogP contribution in [0.2, 0.25) is 0 Å². The van der Waals surface area contributed by atoms with E-state index in [1.54, 1.807) is 0 Å². The van der Waals surface area contributed by atoms with Crippen molar-refractivity contribution in [2.24, 2.45) is 11.7 Å². The maximum absolute atomic E-state index is 11.7. The molecule has 1 heterocycles. The molecule has 0 spiro atoms. The van der Waals surface area contributed by atoms with Crippen LogP contribution in [0.4, 0.5) is 0 Å². The van der Waals surface area contributed by atoms with Crippen molar-refractivity contribution in [3.8, 4) is 0 Å². The summed E-state index contributed by atoms with van der Waals surface area (Å²) in [4.78, 5) is 11.7. The lowest BCUT2D eigenvalue weighted by molar-refractivity contribution is -0.123. The van der Waals surface area contributed by atoms with Gasteiger partial charge in [0.05, 0.1) is 6.04 Å². The second-order valence-electron chi connectivity index (χ2n) is 4.79. The summed E-state index contributed by atoms with van der Waals surface area (Å²) in [6, 6.07) is -0.0867. The summed E-state index contributed by atoms with van der Waals surface area (Å²) in [5.74, 6) is 0.465. The van der Waals surface area contributed by atoms with Gasteiger partial charge in [0.2, 0.25) is 5.91 Å². The van der Waals surface area contributed by atoms with Crippen LogP contribution in [-0.4, -0.2) is 31.1 Å². The van der Waals surface area contributed by atoms with E-state index in [9.17, 15) is 4.79 Å². The fourth-order valence-corrected chi connectivity index (χ4v) is 1.90. The largest absolute Gasteiger partial charge is 0.351 e. The Balaban J connectivity index is 2.27. The van der Waals surface area contributed by atoms with E-state index in [0.717, 1.165) is 32.4 Å². The zero-order valence-electron chi connectivity index (χ0n) is 9.75. The van der Waals surface area contributed by atoms with Gasteiger partial charge in [0.1, 0.15) is 0 Å². The van der Waals surface area contributed by atoms with E-state index in [2.05, 4.69) is 24.5 Å². The van der Waals surface area contributed by atoms with E-state index >= 15 is 0 Å². The Morgan fingerprint density at radius 3 is 2.87 bits per heavy atom. The second-order valence-corrected chi connectivity index (χ2v) is 4.79. The van der Waals surface area contributed by atoms with Crippen LogP contribution in [0.15, 0.2) is 0 Å². The molecule has 1 saturated heterocycles. The molecule has 1 fully saturated rings. The third kappa shape index (κ3) is 4.62. The molecule has 0 bridgehead atoms. The van der Waals surface area contributed by atoms with E-state index in [1.807, 2.05) is 0 Å². The van der Waals surface area contributed by atoms with Crippen molar-refractivity contribution in [3.63, 3.8) is 0 Å². The molecule has 1 aliphatic heterocycles. The van der Waals surface area contributed by atoms with Crippen LogP contribution in [0.5, 0.6) is 0 Å². The highest BCUT2D eigenvalue weighted by Gasteiger charge is 2.20. The molecule has 4 heteroatoms. The van der Waals surface area contributed by atoms with E-state index in [0.29, 0.717) is 5.92 Å². The molecular formula is C11H23N3O. The minimum atomic E-state index is -0.355. The SMILES string of the molecule is CC(C)C[C@H](N)C(=O)NC1CCCNC1. The molecule has 4 N–H and O–H groups in total. The smallest absolute Gasteiger partial charge is 0.237 e. The third-order valence-corrected chi connectivity index (χ3v) is 2.71. The number of nitrogens with one attached hydrogen (secondary N) is 2. The van der Waals surface area contributed by atoms with Gasteiger partial charge in [-0.1, -0.05) is 13.8 Å². The van der Waals surface area contributed by atoms with Crippen LogP contribution in [0.25, 0.3) is 0 Å². The Morgan fingerprint density at radius 1 is 1.60 bits per heavy atom. The Labute approximate surface area is 92.0 Å². The molecule has 0 aromatic carbocycles. The van der Waals surface area contributed by atoms with E-state index < -0.39 is 0 Å². The van der Waals surface area contributed by atoms with Crippen LogP contribution in [0.3, 0.4) is 0 Å². The molecule has 0 aromatic heterocycles. The maximum atomic E-state index is 11.7. The lowest BCUT2D eigenvalue weighted by atomic mass is 10.0. The Hall–Kier alpha value is -0.610. The van der Waals surface area contributed by atoms with Gasteiger partial charge in [-0.3, -0.25) is 4.79 Å². The molecule has 0 aromatic rings. The molecule has 1 rings (SSSR count). The summed E-state index contributed by atoms with van der Waals surface area (Å²) >= 11 is 0. The predicted octanol–water partition coefficient (Wildman–Crippen LogP) is 0.228. The summed E-state index contributed by atoms with van der Waals surface area (Å²) in [6.07, 6.45) is 2.95. The minimum absolute atomic E-state index is 0.00241. The van der Waals surface area contributed by atoms with Crippen LogP contribution in [-0.2, 0) is 4.79 Å². The van der Waals surface area contributed by atoms with Gasteiger partial charge in [0.15, 0.2) is 0 Å². The molecule has 4 nitrogen and oxygen atoms in total. The van der Waals surface area contributed by atoms with Crippen molar-refractivity contribution < 1.29 is 4.79 Å². The minimum Gasteiger partial charge on any atom is -0.351 e. The number of rotatable bonds is 4. The van der Waals surface area contributed by atoms with Gasteiger partial charge in [0.25, 0.3) is 0 Å². The van der Waals surface area contributed by atoms with Gasteiger partial charge < -0.3 is 16.4 Å². The van der Waals surface area contributed by atoms with Crippen molar-refractivity contribution in [3.05, 3.63) is 0 Å². The van der Waals surface area contributed by atoms with Gasteiger partial charge in [-0.05, 0) is 31.7 Å². The lowest BCUT2D eigenvalue weighted by Gasteiger charge is -2.25. The quantitative estimate of drug-likeness (QED) is 0.626. The molecule has 1 unspecified atom stereocenters. The van der Waals surface area contributed by atoms with E-state index in [4.69, 9.17) is 5.73 Å². The molecule has 2 atom stereocenters. The zero-order valence-corrected chi connectivity index (χ0v) is 9.75. The number of nitrogens with two attached hydrogens (primary N) is 1. The number of piperidine rings is 1. The number of carbonyl (C=O) groups excluding carboxylic acids is 1. The Morgan fingerprint density at radius 2 is 2.33 bits per heavy atom. The van der Waals surface area contributed by atoms with Gasteiger partial charge in [-0.15, -0.1) is 0 Å². The average molecular weight is 213 g/mol. The van der Waals surface area contributed by atoms with Crippen molar-refractivity contribution in [2.75, 3.05) is 13.1 Å². The lowest BCUT2D eigenvalue weighted by Crippen LogP contribution is -2.51. The monoisotopic (exact) mass is 213 g/mol. The topological polar surface area (TPSA) is 67.2 Å². The standard InChI is InChI=1S/C11H23N3O/c1-8(2)6-10(12)11(15)14-9-4-3-5-13-7-9/h8-10,13H,3-7,12H2,1-2H3,(H,14,15)/t9?,10-/m0/s1. The Bertz CT molecular complexity index is 200. The highest BCUT2D eigenvalue weighted by atomic mass is 16.2.